The second kappa shape index (κ2) is 7.39. The molecule has 1 atom stereocenters. The molecule has 98 valence electrons. The minimum atomic E-state index is -0.0598. The van der Waals surface area contributed by atoms with E-state index in [9.17, 15) is 4.79 Å². The number of hydrogen-bond donors (Lipinski definition) is 0. The third kappa shape index (κ3) is 4.47. The minimum absolute atomic E-state index is 0.0598. The number of carbonyl (C=O) groups is 1. The predicted octanol–water partition coefficient (Wildman–Crippen LogP) is 3.94. The fourth-order valence-corrected chi connectivity index (χ4v) is 4.41. The lowest BCUT2D eigenvalue weighted by atomic mass is 10.1. The van der Waals surface area contributed by atoms with Crippen molar-refractivity contribution in [3.05, 3.63) is 19.2 Å². The van der Waals surface area contributed by atoms with E-state index in [1.54, 1.807) is 0 Å². The average Bonchev–Trinajstić information content (AvgIpc) is 2.67. The van der Waals surface area contributed by atoms with Gasteiger partial charge in [-0.15, -0.1) is 11.3 Å². The maximum atomic E-state index is 12.1. The first-order chi connectivity index (χ1) is 8.47. The van der Waals surface area contributed by atoms with Crippen molar-refractivity contribution in [2.45, 2.75) is 13.8 Å². The van der Waals surface area contributed by atoms with Crippen LogP contribution in [0.1, 0.15) is 24.2 Å². The summed E-state index contributed by atoms with van der Waals surface area (Å²) >= 11 is 8.25. The molecule has 0 amide bonds. The Bertz CT molecular complexity index is 467. The van der Waals surface area contributed by atoms with E-state index in [0.717, 1.165) is 14.1 Å². The Balaban J connectivity index is 2.68. The SMILES string of the molecule is CCN(CC(=O)c1cc(Br)sc1Br)CC(C)C#N. The van der Waals surface area contributed by atoms with Crippen LogP contribution in [0.4, 0.5) is 0 Å². The quantitative estimate of drug-likeness (QED) is 0.687. The van der Waals surface area contributed by atoms with E-state index in [-0.39, 0.29) is 11.7 Å². The summed E-state index contributed by atoms with van der Waals surface area (Å²) in [7, 11) is 0. The molecule has 1 rings (SSSR count). The molecule has 0 spiro atoms. The second-order valence-electron chi connectivity index (χ2n) is 4.02. The standard InChI is InChI=1S/C12H14Br2N2OS/c1-3-16(6-8(2)5-15)7-10(17)9-4-11(13)18-12(9)14/h4,8H,3,6-7H2,1-2H3. The summed E-state index contributed by atoms with van der Waals surface area (Å²) < 4.78 is 1.79. The van der Waals surface area contributed by atoms with Gasteiger partial charge in [0.25, 0.3) is 0 Å². The highest BCUT2D eigenvalue weighted by atomic mass is 79.9. The third-order valence-electron chi connectivity index (χ3n) is 2.52. The smallest absolute Gasteiger partial charge is 0.178 e. The first-order valence-electron chi connectivity index (χ1n) is 5.57. The molecule has 1 heterocycles. The lowest BCUT2D eigenvalue weighted by molar-refractivity contribution is 0.0929. The highest BCUT2D eigenvalue weighted by Gasteiger charge is 2.17. The zero-order valence-corrected chi connectivity index (χ0v) is 14.2. The summed E-state index contributed by atoms with van der Waals surface area (Å²) in [5.74, 6) is 0.0196. The zero-order valence-electron chi connectivity index (χ0n) is 10.2. The summed E-state index contributed by atoms with van der Waals surface area (Å²) in [5, 5.41) is 8.80. The van der Waals surface area contributed by atoms with E-state index in [0.29, 0.717) is 18.7 Å². The average molecular weight is 394 g/mol. The maximum Gasteiger partial charge on any atom is 0.178 e. The largest absolute Gasteiger partial charge is 0.295 e. The van der Waals surface area contributed by atoms with Crippen LogP contribution in [0.3, 0.4) is 0 Å². The van der Waals surface area contributed by atoms with Crippen LogP contribution in [-0.4, -0.2) is 30.3 Å². The van der Waals surface area contributed by atoms with Gasteiger partial charge in [-0.1, -0.05) is 6.92 Å². The van der Waals surface area contributed by atoms with E-state index in [2.05, 4.69) is 37.9 Å². The van der Waals surface area contributed by atoms with Gasteiger partial charge >= 0.3 is 0 Å². The third-order valence-corrected chi connectivity index (χ3v) is 4.86. The van der Waals surface area contributed by atoms with Crippen molar-refractivity contribution in [3.63, 3.8) is 0 Å². The molecular weight excluding hydrogens is 380 g/mol. The van der Waals surface area contributed by atoms with Gasteiger partial charge in [-0.3, -0.25) is 9.69 Å². The van der Waals surface area contributed by atoms with Crippen LogP contribution >= 0.6 is 43.2 Å². The van der Waals surface area contributed by atoms with Crippen LogP contribution in [0.2, 0.25) is 0 Å². The van der Waals surface area contributed by atoms with Crippen molar-refractivity contribution in [2.75, 3.05) is 19.6 Å². The Morgan fingerprint density at radius 3 is 2.72 bits per heavy atom. The molecule has 0 aliphatic rings. The van der Waals surface area contributed by atoms with Crippen LogP contribution in [0.5, 0.6) is 0 Å². The number of Topliss-reactive ketones (excluding diaryl/α,β-unsaturated/α-hetero) is 1. The van der Waals surface area contributed by atoms with Crippen LogP contribution in [-0.2, 0) is 0 Å². The predicted molar refractivity (Wildman–Crippen MR) is 80.9 cm³/mol. The summed E-state index contributed by atoms with van der Waals surface area (Å²) in [6, 6.07) is 4.02. The van der Waals surface area contributed by atoms with Crippen LogP contribution in [0.15, 0.2) is 13.6 Å². The molecule has 1 unspecified atom stereocenters. The van der Waals surface area contributed by atoms with Crippen LogP contribution in [0, 0.1) is 17.2 Å². The lowest BCUT2D eigenvalue weighted by Crippen LogP contribution is -2.33. The second-order valence-corrected chi connectivity index (χ2v) is 7.77. The fourth-order valence-electron chi connectivity index (χ4n) is 1.55. The Morgan fingerprint density at radius 1 is 1.61 bits per heavy atom. The number of thiophene rings is 1. The monoisotopic (exact) mass is 392 g/mol. The van der Waals surface area contributed by atoms with Crippen molar-refractivity contribution in [1.29, 1.82) is 5.26 Å². The Morgan fingerprint density at radius 2 is 2.28 bits per heavy atom. The minimum Gasteiger partial charge on any atom is -0.295 e. The first-order valence-corrected chi connectivity index (χ1v) is 7.98. The molecule has 0 saturated carbocycles. The van der Waals surface area contributed by atoms with Gasteiger partial charge in [-0.2, -0.15) is 5.26 Å². The fraction of sp³-hybridized carbons (Fsp3) is 0.500. The topological polar surface area (TPSA) is 44.1 Å². The molecule has 0 aliphatic carbocycles. The van der Waals surface area contributed by atoms with Crippen molar-refractivity contribution < 1.29 is 4.79 Å². The molecule has 0 aliphatic heterocycles. The summed E-state index contributed by atoms with van der Waals surface area (Å²) in [5.41, 5.74) is 0.704. The molecule has 0 fully saturated rings. The van der Waals surface area contributed by atoms with Gasteiger partial charge in [0.05, 0.1) is 26.1 Å². The van der Waals surface area contributed by atoms with Gasteiger partial charge in [0, 0.05) is 12.1 Å². The van der Waals surface area contributed by atoms with E-state index < -0.39 is 0 Å². The Labute approximate surface area is 128 Å². The molecule has 1 aromatic heterocycles. The highest BCUT2D eigenvalue weighted by Crippen LogP contribution is 2.32. The molecule has 6 heteroatoms. The van der Waals surface area contributed by atoms with Gasteiger partial charge in [-0.25, -0.2) is 0 Å². The van der Waals surface area contributed by atoms with Gasteiger partial charge in [0.15, 0.2) is 5.78 Å². The highest BCUT2D eigenvalue weighted by molar-refractivity contribution is 9.12. The molecule has 1 aromatic rings. The van der Waals surface area contributed by atoms with Crippen molar-refractivity contribution in [3.8, 4) is 6.07 Å². The van der Waals surface area contributed by atoms with E-state index in [4.69, 9.17) is 5.26 Å². The van der Waals surface area contributed by atoms with Crippen LogP contribution < -0.4 is 0 Å². The molecule has 0 saturated heterocycles. The number of hydrogen-bond acceptors (Lipinski definition) is 4. The number of nitriles is 1. The molecule has 0 radical (unpaired) electrons. The Hall–Kier alpha value is -0.220. The zero-order chi connectivity index (χ0) is 13.7. The molecule has 3 nitrogen and oxygen atoms in total. The molecular formula is C12H14Br2N2OS. The number of ketones is 1. The van der Waals surface area contributed by atoms with Crippen LogP contribution in [0.25, 0.3) is 0 Å². The lowest BCUT2D eigenvalue weighted by Gasteiger charge is -2.20. The number of halogens is 2. The molecule has 0 bridgehead atoms. The van der Waals surface area contributed by atoms with Crippen molar-refractivity contribution in [2.24, 2.45) is 5.92 Å². The van der Waals surface area contributed by atoms with Crippen molar-refractivity contribution in [1.82, 2.24) is 4.90 Å². The number of rotatable bonds is 6. The number of likely N-dealkylation sites (N-methyl/N-ethyl adjacent to an activating group) is 1. The normalized spacial score (nSPS) is 12.4. The van der Waals surface area contributed by atoms with Gasteiger partial charge in [0.2, 0.25) is 0 Å². The number of nitrogens with zero attached hydrogens (tertiary/aromatic N) is 2. The van der Waals surface area contributed by atoms with Gasteiger partial charge in [-0.05, 0) is 51.4 Å². The van der Waals surface area contributed by atoms with E-state index in [1.165, 1.54) is 11.3 Å². The van der Waals surface area contributed by atoms with Gasteiger partial charge < -0.3 is 0 Å². The summed E-state index contributed by atoms with van der Waals surface area (Å²) in [6.45, 7) is 5.60. The van der Waals surface area contributed by atoms with Crippen molar-refractivity contribution >= 4 is 49.0 Å². The number of carbonyl (C=O) groups excluding carboxylic acids is 1. The summed E-state index contributed by atoms with van der Waals surface area (Å²) in [4.78, 5) is 14.1. The molecule has 0 N–H and O–H groups in total. The Kier molecular flexibility index (Phi) is 6.50. The molecule has 18 heavy (non-hydrogen) atoms. The van der Waals surface area contributed by atoms with E-state index >= 15 is 0 Å². The maximum absolute atomic E-state index is 12.1. The van der Waals surface area contributed by atoms with E-state index in [1.807, 2.05) is 24.8 Å². The van der Waals surface area contributed by atoms with Gasteiger partial charge in [0.1, 0.15) is 0 Å². The first kappa shape index (κ1) is 15.8. The molecule has 0 aromatic carbocycles. The summed E-state index contributed by atoms with van der Waals surface area (Å²) in [6.07, 6.45) is 0.